The van der Waals surface area contributed by atoms with Gasteiger partial charge in [0.1, 0.15) is 6.54 Å². The lowest BCUT2D eigenvalue weighted by Gasteiger charge is -2.18. The van der Waals surface area contributed by atoms with Crippen molar-refractivity contribution in [2.75, 3.05) is 13.1 Å². The number of amides is 1. The summed E-state index contributed by atoms with van der Waals surface area (Å²) in [6, 6.07) is 7.63. The van der Waals surface area contributed by atoms with E-state index in [0.717, 1.165) is 11.3 Å². The van der Waals surface area contributed by atoms with Crippen LogP contribution in [0.15, 0.2) is 30.5 Å². The Labute approximate surface area is 128 Å². The van der Waals surface area contributed by atoms with Crippen LogP contribution in [0.1, 0.15) is 29.4 Å². The van der Waals surface area contributed by atoms with Crippen molar-refractivity contribution in [1.82, 2.24) is 19.9 Å². The fourth-order valence-corrected chi connectivity index (χ4v) is 2.11. The summed E-state index contributed by atoms with van der Waals surface area (Å²) in [5.41, 5.74) is 2.00. The zero-order chi connectivity index (χ0) is 16.1. The molecule has 0 atom stereocenters. The zero-order valence-corrected chi connectivity index (χ0v) is 12.6. The van der Waals surface area contributed by atoms with Gasteiger partial charge in [-0.3, -0.25) is 9.59 Å². The lowest BCUT2D eigenvalue weighted by Crippen LogP contribution is -2.36. The number of nitrogens with zero attached hydrogens (tertiary/aromatic N) is 4. The highest BCUT2D eigenvalue weighted by atomic mass is 16.4. The number of carbonyl (C=O) groups excluding carboxylic acids is 1. The van der Waals surface area contributed by atoms with Crippen molar-refractivity contribution < 1.29 is 14.7 Å². The van der Waals surface area contributed by atoms with E-state index in [1.54, 1.807) is 0 Å². The monoisotopic (exact) mass is 302 g/mol. The number of carboxylic acid groups (broad SMARTS) is 1. The van der Waals surface area contributed by atoms with Crippen LogP contribution in [0.4, 0.5) is 0 Å². The molecule has 0 spiro atoms. The van der Waals surface area contributed by atoms with Gasteiger partial charge in [-0.15, -0.1) is 5.10 Å². The Morgan fingerprint density at radius 1 is 1.36 bits per heavy atom. The van der Waals surface area contributed by atoms with Crippen LogP contribution < -0.4 is 0 Å². The highest BCUT2D eigenvalue weighted by Crippen LogP contribution is 2.10. The highest BCUT2D eigenvalue weighted by Gasteiger charge is 2.20. The van der Waals surface area contributed by atoms with Gasteiger partial charge in [-0.2, -0.15) is 0 Å². The first-order chi connectivity index (χ1) is 10.5. The number of aryl methyl sites for hydroxylation is 1. The minimum atomic E-state index is -1.05. The largest absolute Gasteiger partial charge is 0.480 e. The number of hydrogen-bond acceptors (Lipinski definition) is 4. The first kappa shape index (κ1) is 15.7. The van der Waals surface area contributed by atoms with Gasteiger partial charge in [-0.1, -0.05) is 24.3 Å². The van der Waals surface area contributed by atoms with E-state index in [2.05, 4.69) is 10.3 Å². The molecule has 0 saturated carbocycles. The van der Waals surface area contributed by atoms with Gasteiger partial charge in [0.05, 0.1) is 11.9 Å². The molecule has 116 valence electrons. The molecule has 7 heteroatoms. The van der Waals surface area contributed by atoms with E-state index >= 15 is 0 Å². The van der Waals surface area contributed by atoms with Crippen LogP contribution >= 0.6 is 0 Å². The normalized spacial score (nSPS) is 10.5. The van der Waals surface area contributed by atoms with Crippen LogP contribution in [0.3, 0.4) is 0 Å². The molecule has 7 nitrogen and oxygen atoms in total. The summed E-state index contributed by atoms with van der Waals surface area (Å²) in [5, 5.41) is 16.7. The van der Waals surface area contributed by atoms with E-state index < -0.39 is 11.9 Å². The number of hydrogen-bond donors (Lipinski definition) is 1. The smallest absolute Gasteiger partial charge is 0.323 e. The van der Waals surface area contributed by atoms with Crippen LogP contribution in [0.5, 0.6) is 0 Å². The fraction of sp³-hybridized carbons (Fsp3) is 0.333. The molecule has 0 saturated heterocycles. The maximum atomic E-state index is 12.3. The third kappa shape index (κ3) is 3.69. The molecule has 2 rings (SSSR count). The van der Waals surface area contributed by atoms with Gasteiger partial charge in [-0.05, 0) is 31.0 Å². The standard InChI is InChI=1S/C15H18N4O3/c1-3-7-18(10-14(20)21)15(22)13-9-19(17-16-13)12-6-4-5-11(2)8-12/h4-6,8-9H,3,7,10H2,1-2H3,(H,20,21). The lowest BCUT2D eigenvalue weighted by atomic mass is 10.2. The predicted molar refractivity (Wildman–Crippen MR) is 79.9 cm³/mol. The van der Waals surface area contributed by atoms with E-state index in [0.29, 0.717) is 13.0 Å². The van der Waals surface area contributed by atoms with E-state index in [9.17, 15) is 9.59 Å². The molecule has 1 aromatic heterocycles. The molecule has 1 aromatic carbocycles. The van der Waals surface area contributed by atoms with Crippen LogP contribution in [0.25, 0.3) is 5.69 Å². The van der Waals surface area contributed by atoms with Crippen molar-refractivity contribution in [3.05, 3.63) is 41.7 Å². The Morgan fingerprint density at radius 2 is 2.14 bits per heavy atom. The first-order valence-corrected chi connectivity index (χ1v) is 7.01. The van der Waals surface area contributed by atoms with Crippen molar-refractivity contribution >= 4 is 11.9 Å². The van der Waals surface area contributed by atoms with Crippen molar-refractivity contribution in [3.8, 4) is 5.69 Å². The van der Waals surface area contributed by atoms with Gasteiger partial charge in [0.25, 0.3) is 5.91 Å². The number of aliphatic carboxylic acids is 1. The fourth-order valence-electron chi connectivity index (χ4n) is 2.11. The molecular formula is C15H18N4O3. The summed E-state index contributed by atoms with van der Waals surface area (Å²) in [6.45, 7) is 3.86. The summed E-state index contributed by atoms with van der Waals surface area (Å²) in [4.78, 5) is 24.4. The second-order valence-corrected chi connectivity index (χ2v) is 5.01. The Morgan fingerprint density at radius 3 is 2.77 bits per heavy atom. The highest BCUT2D eigenvalue weighted by molar-refractivity contribution is 5.93. The number of carbonyl (C=O) groups is 2. The average Bonchev–Trinajstić information content (AvgIpc) is 2.95. The zero-order valence-electron chi connectivity index (χ0n) is 12.6. The molecule has 0 aliphatic rings. The molecule has 0 unspecified atom stereocenters. The summed E-state index contributed by atoms with van der Waals surface area (Å²) in [6.07, 6.45) is 2.19. The van der Waals surface area contributed by atoms with Crippen LogP contribution in [-0.2, 0) is 4.79 Å². The van der Waals surface area contributed by atoms with Gasteiger partial charge in [0, 0.05) is 6.54 Å². The molecule has 0 fully saturated rings. The number of rotatable bonds is 6. The molecular weight excluding hydrogens is 284 g/mol. The van der Waals surface area contributed by atoms with Gasteiger partial charge in [0.2, 0.25) is 0 Å². The van der Waals surface area contributed by atoms with E-state index in [1.807, 2.05) is 38.1 Å². The van der Waals surface area contributed by atoms with Gasteiger partial charge in [0.15, 0.2) is 5.69 Å². The molecule has 1 amide bonds. The third-order valence-corrected chi connectivity index (χ3v) is 3.09. The molecule has 0 aliphatic carbocycles. The van der Waals surface area contributed by atoms with Crippen molar-refractivity contribution in [2.45, 2.75) is 20.3 Å². The van der Waals surface area contributed by atoms with Crippen molar-refractivity contribution in [2.24, 2.45) is 0 Å². The van der Waals surface area contributed by atoms with Crippen LogP contribution in [0.2, 0.25) is 0 Å². The van der Waals surface area contributed by atoms with Crippen molar-refractivity contribution in [3.63, 3.8) is 0 Å². The first-order valence-electron chi connectivity index (χ1n) is 7.01. The topological polar surface area (TPSA) is 88.3 Å². The summed E-state index contributed by atoms with van der Waals surface area (Å²) < 4.78 is 1.51. The van der Waals surface area contributed by atoms with E-state index in [-0.39, 0.29) is 12.2 Å². The average molecular weight is 302 g/mol. The molecule has 0 aliphatic heterocycles. The number of carboxylic acids is 1. The molecule has 1 N–H and O–H groups in total. The molecule has 0 bridgehead atoms. The van der Waals surface area contributed by atoms with Crippen molar-refractivity contribution in [1.29, 1.82) is 0 Å². The third-order valence-electron chi connectivity index (χ3n) is 3.09. The van der Waals surface area contributed by atoms with Crippen LogP contribution in [0, 0.1) is 6.92 Å². The Hall–Kier alpha value is -2.70. The Bertz CT molecular complexity index is 681. The van der Waals surface area contributed by atoms with E-state index in [1.165, 1.54) is 15.8 Å². The maximum Gasteiger partial charge on any atom is 0.323 e. The van der Waals surface area contributed by atoms with Crippen LogP contribution in [-0.4, -0.2) is 50.0 Å². The van der Waals surface area contributed by atoms with Gasteiger partial charge < -0.3 is 10.0 Å². The van der Waals surface area contributed by atoms with Gasteiger partial charge >= 0.3 is 5.97 Å². The summed E-state index contributed by atoms with van der Waals surface area (Å²) in [5.74, 6) is -1.48. The molecule has 22 heavy (non-hydrogen) atoms. The summed E-state index contributed by atoms with van der Waals surface area (Å²) >= 11 is 0. The lowest BCUT2D eigenvalue weighted by molar-refractivity contribution is -0.137. The molecule has 0 radical (unpaired) electrons. The Kier molecular flexibility index (Phi) is 4.88. The predicted octanol–water partition coefficient (Wildman–Crippen LogP) is 1.51. The molecule has 2 aromatic rings. The summed E-state index contributed by atoms with van der Waals surface area (Å²) in [7, 11) is 0. The SMILES string of the molecule is CCCN(CC(=O)O)C(=O)c1cn(-c2cccc(C)c2)nn1. The second kappa shape index (κ2) is 6.84. The Balaban J connectivity index is 2.22. The minimum absolute atomic E-state index is 0.135. The minimum Gasteiger partial charge on any atom is -0.480 e. The second-order valence-electron chi connectivity index (χ2n) is 5.01. The quantitative estimate of drug-likeness (QED) is 0.874. The number of benzene rings is 1. The van der Waals surface area contributed by atoms with E-state index in [4.69, 9.17) is 5.11 Å². The van der Waals surface area contributed by atoms with Gasteiger partial charge in [-0.25, -0.2) is 4.68 Å². The molecule has 1 heterocycles. The number of aromatic nitrogens is 3. The maximum absolute atomic E-state index is 12.3.